The largest absolute Gasteiger partial charge is 0.480 e. The number of ether oxygens (including phenoxy) is 2. The molecule has 0 aliphatic carbocycles. The van der Waals surface area contributed by atoms with Crippen LogP contribution in [0.4, 0.5) is 0 Å². The van der Waals surface area contributed by atoms with Crippen molar-refractivity contribution in [1.82, 2.24) is 0 Å². The molecule has 4 N–H and O–H groups in total. The van der Waals surface area contributed by atoms with Gasteiger partial charge in [-0.1, -0.05) is 142 Å². The maximum absolute atomic E-state index is 12.3. The van der Waals surface area contributed by atoms with Crippen LogP contribution in [0.15, 0.2) is 0 Å². The van der Waals surface area contributed by atoms with E-state index in [4.69, 9.17) is 24.8 Å². The van der Waals surface area contributed by atoms with Gasteiger partial charge in [0.05, 0.1) is 13.2 Å². The van der Waals surface area contributed by atoms with Crippen molar-refractivity contribution in [3.63, 3.8) is 0 Å². The number of nitrogens with two attached hydrogens (primary N) is 1. The standard InChI is InChI=1S/C33H64NO10P/c1-3-5-6-7-8-9-10-11-12-13-14-15-16-17-18-19-20-21-22-23-24-25-32(36)44-29(26-41-31(35)4-2)27-42-45(39,40)43-28-30(34)33(37)38/h29-30H,3-28,34H2,1-2H3,(H,37,38)(H,39,40). The lowest BCUT2D eigenvalue weighted by Gasteiger charge is -2.20. The number of unbranched alkanes of at least 4 members (excludes halogenated alkanes) is 20. The summed E-state index contributed by atoms with van der Waals surface area (Å²) in [5, 5.41) is 8.75. The average Bonchev–Trinajstić information content (AvgIpc) is 3.01. The molecule has 45 heavy (non-hydrogen) atoms. The maximum atomic E-state index is 12.3. The Morgan fingerprint density at radius 3 is 1.42 bits per heavy atom. The molecule has 0 aromatic carbocycles. The molecule has 0 saturated heterocycles. The van der Waals surface area contributed by atoms with Gasteiger partial charge in [0, 0.05) is 12.8 Å². The van der Waals surface area contributed by atoms with Gasteiger partial charge in [-0.05, 0) is 6.42 Å². The van der Waals surface area contributed by atoms with Crippen LogP contribution in [0.3, 0.4) is 0 Å². The van der Waals surface area contributed by atoms with Crippen LogP contribution in [0.25, 0.3) is 0 Å². The predicted octanol–water partition coefficient (Wildman–Crippen LogP) is 8.00. The molecule has 266 valence electrons. The molecule has 0 radical (unpaired) electrons. The second-order valence-electron chi connectivity index (χ2n) is 12.0. The Hall–Kier alpha value is -1.52. The SMILES string of the molecule is CCCCCCCCCCCCCCCCCCCCCCCC(=O)OC(COC(=O)CC)COP(=O)(O)OCC(N)C(=O)O. The van der Waals surface area contributed by atoms with E-state index in [2.05, 4.69) is 11.4 Å². The quantitative estimate of drug-likeness (QED) is 0.0352. The van der Waals surface area contributed by atoms with Gasteiger partial charge >= 0.3 is 25.7 Å². The molecule has 11 nitrogen and oxygen atoms in total. The van der Waals surface area contributed by atoms with Crippen molar-refractivity contribution in [3.05, 3.63) is 0 Å². The molecule has 0 bridgehead atoms. The Morgan fingerprint density at radius 1 is 0.622 bits per heavy atom. The number of esters is 2. The minimum Gasteiger partial charge on any atom is -0.480 e. The first kappa shape index (κ1) is 43.5. The number of carbonyl (C=O) groups is 3. The Labute approximate surface area is 272 Å². The third kappa shape index (κ3) is 29.6. The fourth-order valence-corrected chi connectivity index (χ4v) is 5.59. The molecule has 0 amide bonds. The van der Waals surface area contributed by atoms with Crippen LogP contribution in [0.2, 0.25) is 0 Å². The molecule has 0 heterocycles. The van der Waals surface area contributed by atoms with Gasteiger partial charge in [0.1, 0.15) is 12.6 Å². The highest BCUT2D eigenvalue weighted by molar-refractivity contribution is 7.47. The Balaban J connectivity index is 3.87. The van der Waals surface area contributed by atoms with Gasteiger partial charge in [0.15, 0.2) is 6.10 Å². The van der Waals surface area contributed by atoms with E-state index in [0.29, 0.717) is 6.42 Å². The monoisotopic (exact) mass is 665 g/mol. The summed E-state index contributed by atoms with van der Waals surface area (Å²) < 4.78 is 31.7. The Kier molecular flexibility index (Phi) is 28.8. The molecule has 0 aliphatic rings. The molecule has 0 rings (SSSR count). The first-order valence-electron chi connectivity index (χ1n) is 17.6. The van der Waals surface area contributed by atoms with E-state index in [1.807, 2.05) is 0 Å². The van der Waals surface area contributed by atoms with Gasteiger partial charge in [-0.2, -0.15) is 0 Å². The van der Waals surface area contributed by atoms with E-state index in [1.165, 1.54) is 109 Å². The lowest BCUT2D eigenvalue weighted by molar-refractivity contribution is -0.161. The van der Waals surface area contributed by atoms with Gasteiger partial charge in [-0.3, -0.25) is 23.4 Å². The summed E-state index contributed by atoms with van der Waals surface area (Å²) in [7, 11) is -4.67. The number of carboxylic acid groups (broad SMARTS) is 1. The normalized spacial score (nSPS) is 14.0. The first-order valence-corrected chi connectivity index (χ1v) is 19.1. The van der Waals surface area contributed by atoms with Crippen LogP contribution in [0.1, 0.15) is 162 Å². The average molecular weight is 666 g/mol. The van der Waals surface area contributed by atoms with E-state index in [1.54, 1.807) is 6.92 Å². The van der Waals surface area contributed by atoms with Crippen LogP contribution in [0, 0.1) is 0 Å². The first-order chi connectivity index (χ1) is 21.6. The van der Waals surface area contributed by atoms with Gasteiger partial charge in [-0.25, -0.2) is 4.57 Å². The molecule has 3 atom stereocenters. The van der Waals surface area contributed by atoms with Crippen molar-refractivity contribution in [1.29, 1.82) is 0 Å². The summed E-state index contributed by atoms with van der Waals surface area (Å²) in [4.78, 5) is 44.3. The maximum Gasteiger partial charge on any atom is 0.472 e. The minimum absolute atomic E-state index is 0.107. The number of hydrogen-bond donors (Lipinski definition) is 3. The second kappa shape index (κ2) is 29.9. The summed E-state index contributed by atoms with van der Waals surface area (Å²) in [5.41, 5.74) is 5.25. The molecular weight excluding hydrogens is 601 g/mol. The van der Waals surface area contributed by atoms with Crippen LogP contribution in [-0.4, -0.2) is 59.9 Å². The zero-order valence-corrected chi connectivity index (χ0v) is 29.1. The van der Waals surface area contributed by atoms with Crippen molar-refractivity contribution >= 4 is 25.7 Å². The molecular formula is C33H64NO10P. The molecule has 0 fully saturated rings. The highest BCUT2D eigenvalue weighted by atomic mass is 31.2. The Morgan fingerprint density at radius 2 is 1.02 bits per heavy atom. The van der Waals surface area contributed by atoms with Crippen LogP contribution in [0.5, 0.6) is 0 Å². The predicted molar refractivity (Wildman–Crippen MR) is 176 cm³/mol. The van der Waals surface area contributed by atoms with Crippen LogP contribution < -0.4 is 5.73 Å². The second-order valence-corrected chi connectivity index (χ2v) is 13.4. The lowest BCUT2D eigenvalue weighted by atomic mass is 10.0. The summed E-state index contributed by atoms with van der Waals surface area (Å²) in [6, 6.07) is -1.51. The number of phosphoric ester groups is 1. The molecule has 0 aromatic rings. The van der Waals surface area contributed by atoms with E-state index in [-0.39, 0.29) is 19.4 Å². The van der Waals surface area contributed by atoms with Gasteiger partial charge in [-0.15, -0.1) is 0 Å². The highest BCUT2D eigenvalue weighted by Crippen LogP contribution is 2.43. The number of carboxylic acids is 1. The fraction of sp³-hybridized carbons (Fsp3) is 0.909. The molecule has 0 spiro atoms. The van der Waals surface area contributed by atoms with Gasteiger partial charge < -0.3 is 25.2 Å². The third-order valence-electron chi connectivity index (χ3n) is 7.66. The topological polar surface area (TPSA) is 172 Å². The van der Waals surface area contributed by atoms with Crippen molar-refractivity contribution in [3.8, 4) is 0 Å². The van der Waals surface area contributed by atoms with E-state index >= 15 is 0 Å². The zero-order valence-electron chi connectivity index (χ0n) is 28.2. The van der Waals surface area contributed by atoms with Gasteiger partial charge in [0.2, 0.25) is 0 Å². The molecule has 12 heteroatoms. The molecule has 0 saturated carbocycles. The number of hydrogen-bond acceptors (Lipinski definition) is 9. The fourth-order valence-electron chi connectivity index (χ4n) is 4.81. The number of carbonyl (C=O) groups excluding carboxylic acids is 2. The van der Waals surface area contributed by atoms with Crippen molar-refractivity contribution in [2.45, 2.75) is 174 Å². The molecule has 0 aromatic heterocycles. The highest BCUT2D eigenvalue weighted by Gasteiger charge is 2.28. The number of phosphoric acid groups is 1. The number of rotatable bonds is 33. The van der Waals surface area contributed by atoms with Crippen LogP contribution >= 0.6 is 7.82 Å². The lowest BCUT2D eigenvalue weighted by Crippen LogP contribution is -2.34. The van der Waals surface area contributed by atoms with Crippen LogP contribution in [-0.2, 0) is 37.5 Å². The van der Waals surface area contributed by atoms with Crippen molar-refractivity contribution < 1.29 is 47.5 Å². The summed E-state index contributed by atoms with van der Waals surface area (Å²) in [6.45, 7) is 2.17. The summed E-state index contributed by atoms with van der Waals surface area (Å²) in [6.07, 6.45) is 25.9. The number of aliphatic carboxylic acids is 1. The van der Waals surface area contributed by atoms with Crippen molar-refractivity contribution in [2.24, 2.45) is 5.73 Å². The molecule has 3 unspecified atom stereocenters. The Bertz CT molecular complexity index is 797. The molecule has 0 aliphatic heterocycles. The van der Waals surface area contributed by atoms with E-state index in [9.17, 15) is 23.8 Å². The summed E-state index contributed by atoms with van der Waals surface area (Å²) in [5.74, 6) is -2.47. The van der Waals surface area contributed by atoms with Gasteiger partial charge in [0.25, 0.3) is 0 Å². The summed E-state index contributed by atoms with van der Waals surface area (Å²) >= 11 is 0. The van der Waals surface area contributed by atoms with Crippen molar-refractivity contribution in [2.75, 3.05) is 19.8 Å². The smallest absolute Gasteiger partial charge is 0.472 e. The minimum atomic E-state index is -4.67. The van der Waals surface area contributed by atoms with E-state index in [0.717, 1.165) is 19.3 Å². The van der Waals surface area contributed by atoms with E-state index < -0.39 is 51.1 Å². The third-order valence-corrected chi connectivity index (χ3v) is 8.61. The zero-order chi connectivity index (χ0) is 33.6.